The zero-order valence-corrected chi connectivity index (χ0v) is 13.5. The second kappa shape index (κ2) is 6.34. The molecule has 0 aromatic heterocycles. The Bertz CT molecular complexity index is 661. The SMILES string of the molecule is Fc1ccc(Br)c(Oc2ccc(CNC3CC3)c(Cl)c2)c1. The third-order valence-electron chi connectivity index (χ3n) is 3.30. The van der Waals surface area contributed by atoms with E-state index in [9.17, 15) is 4.39 Å². The van der Waals surface area contributed by atoms with Crippen LogP contribution in [-0.4, -0.2) is 6.04 Å². The molecule has 2 nitrogen and oxygen atoms in total. The van der Waals surface area contributed by atoms with Crippen molar-refractivity contribution in [2.24, 2.45) is 0 Å². The molecule has 0 atom stereocenters. The Morgan fingerprint density at radius 1 is 1.24 bits per heavy atom. The highest BCUT2D eigenvalue weighted by Crippen LogP contribution is 2.32. The van der Waals surface area contributed by atoms with E-state index in [1.165, 1.54) is 25.0 Å². The molecule has 0 aliphatic heterocycles. The maximum Gasteiger partial charge on any atom is 0.144 e. The normalized spacial score (nSPS) is 14.2. The molecule has 110 valence electrons. The van der Waals surface area contributed by atoms with Gasteiger partial charge in [-0.3, -0.25) is 0 Å². The van der Waals surface area contributed by atoms with Crippen LogP contribution < -0.4 is 10.1 Å². The first-order valence-corrected chi connectivity index (χ1v) is 7.93. The lowest BCUT2D eigenvalue weighted by molar-refractivity contribution is 0.473. The second-order valence-corrected chi connectivity index (χ2v) is 6.35. The summed E-state index contributed by atoms with van der Waals surface area (Å²) in [4.78, 5) is 0. The lowest BCUT2D eigenvalue weighted by atomic mass is 10.2. The maximum atomic E-state index is 13.2. The van der Waals surface area contributed by atoms with Gasteiger partial charge in [0.2, 0.25) is 0 Å². The van der Waals surface area contributed by atoms with E-state index in [-0.39, 0.29) is 5.82 Å². The fourth-order valence-electron chi connectivity index (χ4n) is 1.96. The fourth-order valence-corrected chi connectivity index (χ4v) is 2.52. The Labute approximate surface area is 136 Å². The van der Waals surface area contributed by atoms with Crippen LogP contribution in [0.1, 0.15) is 18.4 Å². The van der Waals surface area contributed by atoms with Gasteiger partial charge < -0.3 is 10.1 Å². The molecule has 21 heavy (non-hydrogen) atoms. The van der Waals surface area contributed by atoms with Gasteiger partial charge in [-0.25, -0.2) is 4.39 Å². The van der Waals surface area contributed by atoms with Gasteiger partial charge in [-0.1, -0.05) is 17.7 Å². The number of nitrogens with one attached hydrogen (secondary N) is 1. The first-order valence-electron chi connectivity index (χ1n) is 6.76. The van der Waals surface area contributed by atoms with E-state index in [1.54, 1.807) is 12.1 Å². The highest BCUT2D eigenvalue weighted by atomic mass is 79.9. The van der Waals surface area contributed by atoms with Crippen LogP contribution in [0.2, 0.25) is 5.02 Å². The third-order valence-corrected chi connectivity index (χ3v) is 4.31. The van der Waals surface area contributed by atoms with E-state index in [2.05, 4.69) is 21.2 Å². The van der Waals surface area contributed by atoms with Crippen molar-refractivity contribution in [3.63, 3.8) is 0 Å². The summed E-state index contributed by atoms with van der Waals surface area (Å²) in [5.41, 5.74) is 1.04. The Morgan fingerprint density at radius 2 is 2.05 bits per heavy atom. The molecule has 3 rings (SSSR count). The van der Waals surface area contributed by atoms with E-state index in [1.807, 2.05) is 12.1 Å². The van der Waals surface area contributed by atoms with Crippen molar-refractivity contribution < 1.29 is 9.13 Å². The molecule has 0 heterocycles. The minimum Gasteiger partial charge on any atom is -0.456 e. The molecule has 1 saturated carbocycles. The maximum absolute atomic E-state index is 13.2. The molecule has 5 heteroatoms. The number of benzene rings is 2. The summed E-state index contributed by atoms with van der Waals surface area (Å²) < 4.78 is 19.6. The van der Waals surface area contributed by atoms with Crippen LogP contribution in [0, 0.1) is 5.82 Å². The number of halogens is 3. The van der Waals surface area contributed by atoms with Crippen LogP contribution in [0.5, 0.6) is 11.5 Å². The van der Waals surface area contributed by atoms with Crippen molar-refractivity contribution in [3.8, 4) is 11.5 Å². The van der Waals surface area contributed by atoms with E-state index in [0.717, 1.165) is 12.1 Å². The zero-order chi connectivity index (χ0) is 14.8. The summed E-state index contributed by atoms with van der Waals surface area (Å²) >= 11 is 9.60. The molecular formula is C16H14BrClFNO. The van der Waals surface area contributed by atoms with Gasteiger partial charge in [0.25, 0.3) is 0 Å². The lowest BCUT2D eigenvalue weighted by Crippen LogP contribution is -2.15. The van der Waals surface area contributed by atoms with Crippen LogP contribution in [-0.2, 0) is 6.54 Å². The highest BCUT2D eigenvalue weighted by molar-refractivity contribution is 9.10. The number of hydrogen-bond acceptors (Lipinski definition) is 2. The predicted molar refractivity (Wildman–Crippen MR) is 85.5 cm³/mol. The van der Waals surface area contributed by atoms with Gasteiger partial charge in [0.1, 0.15) is 17.3 Å². The molecule has 1 aliphatic carbocycles. The van der Waals surface area contributed by atoms with Crippen LogP contribution in [0.25, 0.3) is 0 Å². The van der Waals surface area contributed by atoms with Gasteiger partial charge in [0.05, 0.1) is 4.47 Å². The van der Waals surface area contributed by atoms with Crippen LogP contribution in [0.15, 0.2) is 40.9 Å². The Hall–Kier alpha value is -1.10. The molecular weight excluding hydrogens is 357 g/mol. The van der Waals surface area contributed by atoms with Gasteiger partial charge in [-0.2, -0.15) is 0 Å². The fraction of sp³-hybridized carbons (Fsp3) is 0.250. The van der Waals surface area contributed by atoms with Crippen molar-refractivity contribution in [2.75, 3.05) is 0 Å². The largest absolute Gasteiger partial charge is 0.456 e. The zero-order valence-electron chi connectivity index (χ0n) is 11.2. The van der Waals surface area contributed by atoms with E-state index in [0.29, 0.717) is 27.0 Å². The molecule has 1 fully saturated rings. The molecule has 1 N–H and O–H groups in total. The molecule has 0 bridgehead atoms. The summed E-state index contributed by atoms with van der Waals surface area (Å²) in [5, 5.41) is 4.06. The van der Waals surface area contributed by atoms with Crippen LogP contribution >= 0.6 is 27.5 Å². The summed E-state index contributed by atoms with van der Waals surface area (Å²) in [5.74, 6) is 0.668. The lowest BCUT2D eigenvalue weighted by Gasteiger charge is -2.11. The Kier molecular flexibility index (Phi) is 4.48. The van der Waals surface area contributed by atoms with Gasteiger partial charge in [-0.15, -0.1) is 0 Å². The third kappa shape index (κ3) is 3.96. The molecule has 0 amide bonds. The quantitative estimate of drug-likeness (QED) is 0.772. The Balaban J connectivity index is 1.73. The Morgan fingerprint density at radius 3 is 2.76 bits per heavy atom. The van der Waals surface area contributed by atoms with Gasteiger partial charge in [0.15, 0.2) is 0 Å². The minimum atomic E-state index is -0.343. The standard InChI is InChI=1S/C16H14BrClFNO/c17-14-6-2-11(19)7-16(14)21-13-5-1-10(15(18)8-13)9-20-12-3-4-12/h1-2,5-8,12,20H,3-4,9H2. The van der Waals surface area contributed by atoms with Gasteiger partial charge >= 0.3 is 0 Å². The van der Waals surface area contributed by atoms with E-state index in [4.69, 9.17) is 16.3 Å². The molecule has 2 aromatic carbocycles. The van der Waals surface area contributed by atoms with Crippen molar-refractivity contribution in [1.82, 2.24) is 5.32 Å². The summed E-state index contributed by atoms with van der Waals surface area (Å²) in [6.07, 6.45) is 2.48. The van der Waals surface area contributed by atoms with Crippen molar-refractivity contribution in [2.45, 2.75) is 25.4 Å². The molecule has 2 aromatic rings. The summed E-state index contributed by atoms with van der Waals surface area (Å²) in [6, 6.07) is 10.5. The average Bonchev–Trinajstić information content (AvgIpc) is 3.26. The first kappa shape index (κ1) is 14.8. The topological polar surface area (TPSA) is 21.3 Å². The van der Waals surface area contributed by atoms with E-state index < -0.39 is 0 Å². The van der Waals surface area contributed by atoms with E-state index >= 15 is 0 Å². The van der Waals surface area contributed by atoms with Crippen molar-refractivity contribution in [3.05, 3.63) is 57.3 Å². The summed E-state index contributed by atoms with van der Waals surface area (Å²) in [6.45, 7) is 0.757. The highest BCUT2D eigenvalue weighted by Gasteiger charge is 2.20. The average molecular weight is 371 g/mol. The molecule has 0 saturated heterocycles. The number of rotatable bonds is 5. The van der Waals surface area contributed by atoms with Gasteiger partial charge in [-0.05, 0) is 58.6 Å². The van der Waals surface area contributed by atoms with Gasteiger partial charge in [0, 0.05) is 23.7 Å². The number of ether oxygens (including phenoxy) is 1. The molecule has 0 spiro atoms. The molecule has 0 radical (unpaired) electrons. The molecule has 0 unspecified atom stereocenters. The monoisotopic (exact) mass is 369 g/mol. The second-order valence-electron chi connectivity index (χ2n) is 5.09. The predicted octanol–water partition coefficient (Wildman–Crippen LogP) is 5.29. The molecule has 1 aliphatic rings. The summed E-state index contributed by atoms with van der Waals surface area (Å²) in [7, 11) is 0. The minimum absolute atomic E-state index is 0.343. The van der Waals surface area contributed by atoms with Crippen molar-refractivity contribution >= 4 is 27.5 Å². The van der Waals surface area contributed by atoms with Crippen LogP contribution in [0.3, 0.4) is 0 Å². The smallest absolute Gasteiger partial charge is 0.144 e. The van der Waals surface area contributed by atoms with Crippen molar-refractivity contribution in [1.29, 1.82) is 0 Å². The first-order chi connectivity index (χ1) is 10.1. The van der Waals surface area contributed by atoms with Crippen LogP contribution in [0.4, 0.5) is 4.39 Å². The number of hydrogen-bond donors (Lipinski definition) is 1.